The van der Waals surface area contributed by atoms with Crippen molar-refractivity contribution in [3.8, 4) is 6.07 Å². The van der Waals surface area contributed by atoms with Gasteiger partial charge in [-0.3, -0.25) is 10.1 Å². The van der Waals surface area contributed by atoms with Crippen molar-refractivity contribution in [2.75, 3.05) is 18.4 Å². The topological polar surface area (TPSA) is 104 Å². The number of hydrogen-bond acceptors (Lipinski definition) is 6. The maximum atomic E-state index is 10.7. The molecule has 19 heavy (non-hydrogen) atoms. The van der Waals surface area contributed by atoms with E-state index in [1.54, 1.807) is 6.07 Å². The Labute approximate surface area is 110 Å². The molecule has 0 spiro atoms. The molecule has 1 saturated heterocycles. The van der Waals surface area contributed by atoms with E-state index >= 15 is 0 Å². The van der Waals surface area contributed by atoms with Crippen molar-refractivity contribution in [2.24, 2.45) is 0 Å². The lowest BCUT2D eigenvalue weighted by atomic mass is 10.1. The zero-order valence-electron chi connectivity index (χ0n) is 10.4. The molecular weight excluding hydrogens is 246 g/mol. The predicted octanol–water partition coefficient (Wildman–Crippen LogP) is 1.42. The fraction of sp³-hybridized carbons (Fsp3) is 0.500. The van der Waals surface area contributed by atoms with Gasteiger partial charge in [-0.1, -0.05) is 0 Å². The fourth-order valence-electron chi connectivity index (χ4n) is 2.16. The number of nitro groups is 1. The van der Waals surface area contributed by atoms with Crippen LogP contribution in [0, 0.1) is 21.4 Å². The van der Waals surface area contributed by atoms with E-state index in [1.165, 1.54) is 25.0 Å². The summed E-state index contributed by atoms with van der Waals surface area (Å²) in [6.45, 7) is 1.80. The van der Waals surface area contributed by atoms with E-state index in [1.807, 2.05) is 0 Å². The smallest absolute Gasteiger partial charge is 0.305 e. The Bertz CT molecular complexity index is 505. The van der Waals surface area contributed by atoms with Gasteiger partial charge in [0.25, 0.3) is 0 Å². The number of nitrogens with zero attached hydrogens (tertiary/aromatic N) is 3. The second kappa shape index (κ2) is 6.11. The largest absolute Gasteiger partial charge is 0.370 e. The summed E-state index contributed by atoms with van der Waals surface area (Å²) in [5, 5.41) is 26.0. The van der Waals surface area contributed by atoms with Gasteiger partial charge in [0.1, 0.15) is 11.9 Å². The molecule has 7 nitrogen and oxygen atoms in total. The molecule has 0 unspecified atom stereocenters. The highest BCUT2D eigenvalue weighted by Crippen LogP contribution is 2.18. The van der Waals surface area contributed by atoms with E-state index in [0.717, 1.165) is 19.5 Å². The summed E-state index contributed by atoms with van der Waals surface area (Å²) in [5.74, 6) is 0.500. The Kier molecular flexibility index (Phi) is 4.26. The average Bonchev–Trinajstić information content (AvgIpc) is 2.91. The lowest BCUT2D eigenvalue weighted by molar-refractivity contribution is -0.385. The highest BCUT2D eigenvalue weighted by molar-refractivity contribution is 5.50. The Morgan fingerprint density at radius 2 is 2.47 bits per heavy atom. The Hall–Kier alpha value is -2.20. The van der Waals surface area contributed by atoms with Gasteiger partial charge in [-0.15, -0.1) is 0 Å². The van der Waals surface area contributed by atoms with Crippen molar-refractivity contribution >= 4 is 11.5 Å². The molecule has 2 rings (SSSR count). The number of nitriles is 1. The predicted molar refractivity (Wildman–Crippen MR) is 69.7 cm³/mol. The fourth-order valence-corrected chi connectivity index (χ4v) is 2.16. The Morgan fingerprint density at radius 1 is 1.63 bits per heavy atom. The number of hydrogen-bond donors (Lipinski definition) is 2. The maximum absolute atomic E-state index is 10.7. The van der Waals surface area contributed by atoms with Crippen LogP contribution in [0.2, 0.25) is 0 Å². The summed E-state index contributed by atoms with van der Waals surface area (Å²) in [5.41, 5.74) is -0.417. The summed E-state index contributed by atoms with van der Waals surface area (Å²) in [7, 11) is 0. The minimum atomic E-state index is -0.599. The zero-order valence-corrected chi connectivity index (χ0v) is 10.4. The molecule has 1 aliphatic heterocycles. The van der Waals surface area contributed by atoms with Gasteiger partial charge in [0.05, 0.1) is 4.92 Å². The van der Waals surface area contributed by atoms with Gasteiger partial charge < -0.3 is 10.6 Å². The minimum Gasteiger partial charge on any atom is -0.370 e. The first kappa shape index (κ1) is 13.2. The monoisotopic (exact) mass is 261 g/mol. The van der Waals surface area contributed by atoms with Crippen LogP contribution in [0.4, 0.5) is 11.5 Å². The summed E-state index contributed by atoms with van der Waals surface area (Å²) >= 11 is 0. The summed E-state index contributed by atoms with van der Waals surface area (Å²) in [6.07, 6.45) is 3.36. The van der Waals surface area contributed by atoms with Gasteiger partial charge in [-0.2, -0.15) is 5.26 Å². The van der Waals surface area contributed by atoms with Crippen molar-refractivity contribution in [1.82, 2.24) is 10.3 Å². The molecule has 0 aliphatic carbocycles. The third-order valence-electron chi connectivity index (χ3n) is 3.14. The Morgan fingerprint density at radius 3 is 3.11 bits per heavy atom. The number of nitrogens with one attached hydrogen (secondary N) is 2. The van der Waals surface area contributed by atoms with Crippen LogP contribution in [0.15, 0.2) is 12.1 Å². The van der Waals surface area contributed by atoms with Crippen molar-refractivity contribution in [2.45, 2.75) is 25.3 Å². The lowest BCUT2D eigenvalue weighted by Crippen LogP contribution is -2.24. The first-order chi connectivity index (χ1) is 9.20. The molecule has 7 heteroatoms. The quantitative estimate of drug-likeness (QED) is 0.613. The van der Waals surface area contributed by atoms with Crippen LogP contribution in [0.1, 0.15) is 25.0 Å². The van der Waals surface area contributed by atoms with E-state index in [2.05, 4.69) is 15.6 Å². The highest BCUT2D eigenvalue weighted by Gasteiger charge is 2.16. The van der Waals surface area contributed by atoms with E-state index < -0.39 is 4.92 Å². The van der Waals surface area contributed by atoms with Crippen LogP contribution in [0.3, 0.4) is 0 Å². The third-order valence-corrected chi connectivity index (χ3v) is 3.14. The van der Waals surface area contributed by atoms with Crippen LogP contribution < -0.4 is 10.6 Å². The normalized spacial score (nSPS) is 17.9. The molecule has 0 aromatic carbocycles. The molecule has 1 aromatic rings. The second-order valence-corrected chi connectivity index (χ2v) is 4.44. The summed E-state index contributed by atoms with van der Waals surface area (Å²) in [6, 6.07) is 5.11. The molecule has 0 radical (unpaired) electrons. The van der Waals surface area contributed by atoms with E-state index in [-0.39, 0.29) is 11.4 Å². The summed E-state index contributed by atoms with van der Waals surface area (Å²) < 4.78 is 0. The van der Waals surface area contributed by atoms with Crippen molar-refractivity contribution in [3.63, 3.8) is 0 Å². The highest BCUT2D eigenvalue weighted by atomic mass is 16.6. The van der Waals surface area contributed by atoms with Gasteiger partial charge in [-0.05, 0) is 31.9 Å². The Balaban J connectivity index is 1.93. The van der Waals surface area contributed by atoms with E-state index in [4.69, 9.17) is 5.26 Å². The van der Waals surface area contributed by atoms with E-state index in [9.17, 15) is 10.1 Å². The van der Waals surface area contributed by atoms with Crippen molar-refractivity contribution in [3.05, 3.63) is 27.9 Å². The van der Waals surface area contributed by atoms with Crippen LogP contribution in [-0.2, 0) is 0 Å². The zero-order chi connectivity index (χ0) is 13.7. The number of aromatic nitrogens is 1. The number of pyridine rings is 1. The molecule has 1 aliphatic rings. The van der Waals surface area contributed by atoms with Crippen LogP contribution in [-0.4, -0.2) is 29.0 Å². The average molecular weight is 261 g/mol. The van der Waals surface area contributed by atoms with Crippen LogP contribution in [0.25, 0.3) is 0 Å². The van der Waals surface area contributed by atoms with Gasteiger partial charge >= 0.3 is 5.69 Å². The maximum Gasteiger partial charge on any atom is 0.305 e. The molecule has 1 aromatic heterocycles. The molecule has 1 atom stereocenters. The molecule has 0 bridgehead atoms. The van der Waals surface area contributed by atoms with Crippen LogP contribution in [0.5, 0.6) is 0 Å². The molecule has 100 valence electrons. The van der Waals surface area contributed by atoms with E-state index in [0.29, 0.717) is 11.9 Å². The van der Waals surface area contributed by atoms with Gasteiger partial charge in [0.2, 0.25) is 5.69 Å². The molecule has 1 fully saturated rings. The van der Waals surface area contributed by atoms with Crippen molar-refractivity contribution < 1.29 is 4.92 Å². The standard InChI is InChI=1S/C12H15N5O2/c13-8-10-11(17(18)19)3-4-12(16-10)15-7-5-9-2-1-6-14-9/h3-4,9,14H,1-2,5-7H2,(H,15,16)/t9-/m1/s1. The minimum absolute atomic E-state index is 0.158. The molecule has 0 amide bonds. The SMILES string of the molecule is N#Cc1nc(NCC[C@H]2CCCN2)ccc1[N+](=O)[O-]. The van der Waals surface area contributed by atoms with Crippen molar-refractivity contribution in [1.29, 1.82) is 5.26 Å². The number of rotatable bonds is 5. The first-order valence-corrected chi connectivity index (χ1v) is 6.23. The molecular formula is C12H15N5O2. The van der Waals surface area contributed by atoms with Gasteiger partial charge in [0.15, 0.2) is 0 Å². The van der Waals surface area contributed by atoms with Gasteiger partial charge in [-0.25, -0.2) is 4.98 Å². The second-order valence-electron chi connectivity index (χ2n) is 4.44. The lowest BCUT2D eigenvalue weighted by Gasteiger charge is -2.11. The first-order valence-electron chi connectivity index (χ1n) is 6.23. The molecule has 0 saturated carbocycles. The molecule has 2 N–H and O–H groups in total. The molecule has 2 heterocycles. The number of anilines is 1. The van der Waals surface area contributed by atoms with Crippen LogP contribution >= 0.6 is 0 Å². The summed E-state index contributed by atoms with van der Waals surface area (Å²) in [4.78, 5) is 14.0. The third kappa shape index (κ3) is 3.39. The van der Waals surface area contributed by atoms with Gasteiger partial charge in [0, 0.05) is 18.7 Å².